The van der Waals surface area contributed by atoms with Crippen LogP contribution >= 0.6 is 0 Å². The van der Waals surface area contributed by atoms with Crippen LogP contribution in [-0.4, -0.2) is 11.9 Å². The Kier molecular flexibility index (Phi) is 20.5. The number of rotatable bonds is 0. The van der Waals surface area contributed by atoms with E-state index in [1.165, 1.54) is 0 Å². The fourth-order valence-corrected chi connectivity index (χ4v) is 1.03. The third-order valence-electron chi connectivity index (χ3n) is 1.81. The Hall–Kier alpha value is -2.98. The molecule has 7 heteroatoms. The Morgan fingerprint density at radius 3 is 1.04 bits per heavy atom. The number of carboxylic acids is 2. The van der Waals surface area contributed by atoms with E-state index in [-0.39, 0.29) is 20.4 Å². The molecule has 0 saturated carbocycles. The number of carbonyl (C=O) groups excluding carboxylic acids is 2. The molecule has 0 amide bonds. The zero-order chi connectivity index (χ0) is 18.8. The van der Waals surface area contributed by atoms with Crippen LogP contribution < -0.4 is 10.2 Å². The quantitative estimate of drug-likeness (QED) is 0.564. The van der Waals surface area contributed by atoms with Gasteiger partial charge in [-0.2, -0.15) is 10.5 Å². The summed E-state index contributed by atoms with van der Waals surface area (Å²) in [4.78, 5) is 17.8. The fourth-order valence-electron chi connectivity index (χ4n) is 1.03. The number of carboxylic acid groups (broad SMARTS) is 2. The van der Waals surface area contributed by atoms with Gasteiger partial charge in [-0.25, -0.2) is 0 Å². The number of nitrogens with zero attached hydrogens (tertiary/aromatic N) is 2. The van der Waals surface area contributed by atoms with Crippen molar-refractivity contribution < 1.29 is 40.2 Å². The van der Waals surface area contributed by atoms with Crippen molar-refractivity contribution >= 4 is 11.9 Å². The van der Waals surface area contributed by atoms with Gasteiger partial charge in [-0.3, -0.25) is 0 Å². The Morgan fingerprint density at radius 2 is 0.920 bits per heavy atom. The summed E-state index contributed by atoms with van der Waals surface area (Å²) in [5.41, 5.74) is 1.43. The van der Waals surface area contributed by atoms with Crippen molar-refractivity contribution in [1.82, 2.24) is 0 Å². The molecule has 0 N–H and O–H groups in total. The molecule has 2 aromatic rings. The third-order valence-corrected chi connectivity index (χ3v) is 1.81. The number of aliphatic carboxylic acids is 2. The second-order valence-electron chi connectivity index (χ2n) is 3.94. The van der Waals surface area contributed by atoms with Crippen LogP contribution in [0, 0.1) is 22.7 Å². The van der Waals surface area contributed by atoms with Crippen molar-refractivity contribution in [3.63, 3.8) is 0 Å². The normalized spacial score (nSPS) is 7.04. The second-order valence-corrected chi connectivity index (χ2v) is 3.94. The van der Waals surface area contributed by atoms with Crippen LogP contribution in [-0.2, 0) is 30.0 Å². The van der Waals surface area contributed by atoms with Gasteiger partial charge in [-0.05, 0) is 38.1 Å². The van der Waals surface area contributed by atoms with Crippen LogP contribution in [0.15, 0.2) is 60.7 Å². The van der Waals surface area contributed by atoms with Crippen molar-refractivity contribution in [3.8, 4) is 12.1 Å². The smallest absolute Gasteiger partial charge is 0.550 e. The molecule has 0 radical (unpaired) electrons. The molecule has 0 atom stereocenters. The van der Waals surface area contributed by atoms with Gasteiger partial charge in [-0.1, -0.05) is 36.4 Å². The van der Waals surface area contributed by atoms with Crippen molar-refractivity contribution in [3.05, 3.63) is 71.8 Å². The first-order valence-corrected chi connectivity index (χ1v) is 6.59. The first kappa shape index (κ1) is 26.9. The number of carbonyl (C=O) groups is 2. The van der Waals surface area contributed by atoms with Gasteiger partial charge in [-0.15, -0.1) is 0 Å². The van der Waals surface area contributed by atoms with Gasteiger partial charge in [0.2, 0.25) is 0 Å². The molecule has 0 saturated heterocycles. The molecular formula is C18H16N2O4Pd. The zero-order valence-corrected chi connectivity index (χ0v) is 15.2. The summed E-state index contributed by atoms with van der Waals surface area (Å²) in [6.07, 6.45) is 0. The molecular weight excluding hydrogens is 415 g/mol. The molecule has 0 aromatic heterocycles. The van der Waals surface area contributed by atoms with E-state index in [1.807, 2.05) is 48.5 Å². The Labute approximate surface area is 160 Å². The molecule has 6 nitrogen and oxygen atoms in total. The van der Waals surface area contributed by atoms with Crippen LogP contribution in [0.25, 0.3) is 0 Å². The summed E-state index contributed by atoms with van der Waals surface area (Å²) >= 11 is 0. The first-order chi connectivity index (χ1) is 11.3. The Morgan fingerprint density at radius 1 is 0.720 bits per heavy atom. The van der Waals surface area contributed by atoms with Crippen LogP contribution in [0.5, 0.6) is 0 Å². The Bertz CT molecular complexity index is 608. The maximum atomic E-state index is 8.89. The maximum Gasteiger partial charge on any atom is 2.00 e. The van der Waals surface area contributed by atoms with Gasteiger partial charge in [0.25, 0.3) is 0 Å². The van der Waals surface area contributed by atoms with Crippen molar-refractivity contribution in [2.24, 2.45) is 0 Å². The summed E-state index contributed by atoms with van der Waals surface area (Å²) in [5.74, 6) is -2.17. The van der Waals surface area contributed by atoms with Gasteiger partial charge in [0, 0.05) is 11.9 Å². The third kappa shape index (κ3) is 26.3. The van der Waals surface area contributed by atoms with E-state index in [4.69, 9.17) is 30.3 Å². The van der Waals surface area contributed by atoms with Crippen LogP contribution in [0.3, 0.4) is 0 Å². The average molecular weight is 431 g/mol. The van der Waals surface area contributed by atoms with Crippen molar-refractivity contribution in [2.45, 2.75) is 13.8 Å². The number of nitriles is 2. The standard InChI is InChI=1S/2C7H5N.2C2H4O2.Pd/c2*8-6-7-4-2-1-3-5-7;2*1-2(3)4;/h2*1-5H;2*1H3,(H,3,4);/q;;;;+2/p-2. The minimum absolute atomic E-state index is 0. The molecule has 0 fully saturated rings. The number of hydrogen-bond acceptors (Lipinski definition) is 6. The molecule has 132 valence electrons. The molecule has 2 aromatic carbocycles. The first-order valence-electron chi connectivity index (χ1n) is 6.59. The summed E-state index contributed by atoms with van der Waals surface area (Å²) in [5, 5.41) is 34.4. The fraction of sp³-hybridized carbons (Fsp3) is 0.111. The minimum atomic E-state index is -1.08. The van der Waals surface area contributed by atoms with E-state index >= 15 is 0 Å². The van der Waals surface area contributed by atoms with Gasteiger partial charge in [0.15, 0.2) is 0 Å². The average Bonchev–Trinajstić information content (AvgIpc) is 2.56. The maximum absolute atomic E-state index is 8.89. The van der Waals surface area contributed by atoms with Crippen LogP contribution in [0.2, 0.25) is 0 Å². The van der Waals surface area contributed by atoms with E-state index in [1.54, 1.807) is 24.3 Å². The summed E-state index contributed by atoms with van der Waals surface area (Å²) in [7, 11) is 0. The molecule has 0 spiro atoms. The predicted molar refractivity (Wildman–Crippen MR) is 83.7 cm³/mol. The van der Waals surface area contributed by atoms with Gasteiger partial charge >= 0.3 is 20.4 Å². The van der Waals surface area contributed by atoms with E-state index in [0.29, 0.717) is 11.1 Å². The molecule has 0 aliphatic carbocycles. The topological polar surface area (TPSA) is 128 Å². The monoisotopic (exact) mass is 430 g/mol. The molecule has 0 bridgehead atoms. The minimum Gasteiger partial charge on any atom is -0.550 e. The second kappa shape index (κ2) is 19.1. The predicted octanol–water partition coefficient (Wildman–Crippen LogP) is 0.626. The SMILES string of the molecule is CC(=O)[O-].CC(=O)[O-].N#Cc1ccccc1.N#Cc1ccccc1.[Pd+2]. The summed E-state index contributed by atoms with van der Waals surface area (Å²) in [6.45, 7) is 1.94. The molecule has 0 aliphatic heterocycles. The van der Waals surface area contributed by atoms with Crippen LogP contribution in [0.4, 0.5) is 0 Å². The molecule has 0 unspecified atom stereocenters. The van der Waals surface area contributed by atoms with Gasteiger partial charge in [0.1, 0.15) is 0 Å². The van der Waals surface area contributed by atoms with E-state index in [2.05, 4.69) is 0 Å². The van der Waals surface area contributed by atoms with Gasteiger partial charge < -0.3 is 19.8 Å². The van der Waals surface area contributed by atoms with Crippen LogP contribution in [0.1, 0.15) is 25.0 Å². The van der Waals surface area contributed by atoms with E-state index < -0.39 is 11.9 Å². The zero-order valence-electron chi connectivity index (χ0n) is 13.6. The van der Waals surface area contributed by atoms with Crippen molar-refractivity contribution in [1.29, 1.82) is 10.5 Å². The summed E-state index contributed by atoms with van der Waals surface area (Å²) < 4.78 is 0. The Balaban J connectivity index is -0.000000270. The molecule has 0 heterocycles. The van der Waals surface area contributed by atoms with E-state index in [9.17, 15) is 0 Å². The number of benzene rings is 2. The number of hydrogen-bond donors (Lipinski definition) is 0. The largest absolute Gasteiger partial charge is 2.00 e. The summed E-state index contributed by atoms with van der Waals surface area (Å²) in [6, 6.07) is 22.3. The van der Waals surface area contributed by atoms with Crippen molar-refractivity contribution in [2.75, 3.05) is 0 Å². The van der Waals surface area contributed by atoms with E-state index in [0.717, 1.165) is 13.8 Å². The molecule has 2 rings (SSSR count). The molecule has 25 heavy (non-hydrogen) atoms. The molecule has 0 aliphatic rings. The van der Waals surface area contributed by atoms with Gasteiger partial charge in [0.05, 0.1) is 23.3 Å².